The molecule has 0 amide bonds. The summed E-state index contributed by atoms with van der Waals surface area (Å²) in [4.78, 5) is 4.05. The molecule has 0 saturated heterocycles. The Morgan fingerprint density at radius 1 is 0.800 bits per heavy atom. The summed E-state index contributed by atoms with van der Waals surface area (Å²) >= 11 is 0. The van der Waals surface area contributed by atoms with E-state index in [4.69, 9.17) is 5.73 Å². The normalized spacial score (nSPS) is 12.0. The molecule has 0 aliphatic heterocycles. The molecule has 158 valence electrons. The highest BCUT2D eigenvalue weighted by molar-refractivity contribution is 5.84. The molecule has 30 heavy (non-hydrogen) atoms. The molecule has 0 saturated carbocycles. The second kappa shape index (κ2) is 7.77. The van der Waals surface area contributed by atoms with Crippen molar-refractivity contribution >= 4 is 5.82 Å². The van der Waals surface area contributed by atoms with Crippen molar-refractivity contribution in [3.8, 4) is 33.8 Å². The Labute approximate surface area is 166 Å². The maximum Gasteiger partial charge on any atom is 0.573 e. The molecule has 0 aliphatic carbocycles. The van der Waals surface area contributed by atoms with Gasteiger partial charge in [-0.2, -0.15) is 0 Å². The first kappa shape index (κ1) is 21.3. The first-order valence-corrected chi connectivity index (χ1v) is 8.40. The van der Waals surface area contributed by atoms with Crippen LogP contribution in [0.2, 0.25) is 0 Å². The van der Waals surface area contributed by atoms with Crippen LogP contribution in [-0.4, -0.2) is 17.7 Å². The molecule has 0 fully saturated rings. The van der Waals surface area contributed by atoms with Gasteiger partial charge in [0, 0.05) is 17.3 Å². The summed E-state index contributed by atoms with van der Waals surface area (Å²) in [5, 5.41) is 0. The van der Waals surface area contributed by atoms with Gasteiger partial charge in [-0.05, 0) is 47.9 Å². The molecule has 0 radical (unpaired) electrons. The molecule has 3 aromatic rings. The van der Waals surface area contributed by atoms with E-state index in [1.807, 2.05) is 0 Å². The molecule has 1 heterocycles. The van der Waals surface area contributed by atoms with Crippen LogP contribution in [0.3, 0.4) is 0 Å². The van der Waals surface area contributed by atoms with E-state index >= 15 is 0 Å². The highest BCUT2D eigenvalue weighted by atomic mass is 19.4. The van der Waals surface area contributed by atoms with Gasteiger partial charge in [-0.25, -0.2) is 4.98 Å². The monoisotopic (exact) mass is 428 g/mol. The Balaban J connectivity index is 2.06. The molecule has 0 atom stereocenters. The number of alkyl halides is 6. The molecule has 0 unspecified atom stereocenters. The van der Waals surface area contributed by atoms with Gasteiger partial charge in [0.25, 0.3) is 0 Å². The maximum atomic E-state index is 12.5. The predicted octanol–water partition coefficient (Wildman–Crippen LogP) is 6.10. The van der Waals surface area contributed by atoms with Gasteiger partial charge in [0.05, 0.1) is 0 Å². The topological polar surface area (TPSA) is 57.4 Å². The number of hydrogen-bond donors (Lipinski definition) is 1. The molecular weight excluding hydrogens is 414 g/mol. The Hall–Kier alpha value is -3.43. The van der Waals surface area contributed by atoms with Crippen molar-refractivity contribution in [3.05, 3.63) is 60.3 Å². The fourth-order valence-corrected chi connectivity index (χ4v) is 2.99. The molecule has 4 nitrogen and oxygen atoms in total. The van der Waals surface area contributed by atoms with E-state index in [-0.39, 0.29) is 5.82 Å². The van der Waals surface area contributed by atoms with Crippen LogP contribution >= 0.6 is 0 Å². The standard InChI is InChI=1S/C20H14F6N2O2/c1-11-16(12-4-2-6-14(8-12)29-19(21,22)23)10-28-18(27)17(11)13-5-3-7-15(9-13)30-20(24,25)26/h2-10H,1H3,(H2,27,28). The van der Waals surface area contributed by atoms with Gasteiger partial charge in [0.15, 0.2) is 0 Å². The molecule has 0 bridgehead atoms. The van der Waals surface area contributed by atoms with E-state index in [0.717, 1.165) is 18.2 Å². The molecule has 3 rings (SSSR count). The number of halogens is 6. The van der Waals surface area contributed by atoms with Crippen LogP contribution in [-0.2, 0) is 0 Å². The molecule has 2 aromatic carbocycles. The van der Waals surface area contributed by atoms with Crippen molar-refractivity contribution in [2.45, 2.75) is 19.6 Å². The number of ether oxygens (including phenoxy) is 2. The number of nitrogens with zero attached hydrogens (tertiary/aromatic N) is 1. The number of nitrogen functional groups attached to an aromatic ring is 1. The lowest BCUT2D eigenvalue weighted by atomic mass is 9.94. The first-order chi connectivity index (χ1) is 13.9. The Bertz CT molecular complexity index is 1060. The van der Waals surface area contributed by atoms with Gasteiger partial charge < -0.3 is 15.2 Å². The van der Waals surface area contributed by atoms with E-state index in [1.54, 1.807) is 13.0 Å². The van der Waals surface area contributed by atoms with Crippen LogP contribution in [0.1, 0.15) is 5.56 Å². The summed E-state index contributed by atoms with van der Waals surface area (Å²) in [5.74, 6) is -0.814. The largest absolute Gasteiger partial charge is 0.573 e. The summed E-state index contributed by atoms with van der Waals surface area (Å²) in [7, 11) is 0. The fourth-order valence-electron chi connectivity index (χ4n) is 2.99. The van der Waals surface area contributed by atoms with Gasteiger partial charge in [0.1, 0.15) is 17.3 Å². The van der Waals surface area contributed by atoms with Gasteiger partial charge >= 0.3 is 12.7 Å². The van der Waals surface area contributed by atoms with Crippen LogP contribution in [0, 0.1) is 6.92 Å². The molecule has 0 aliphatic rings. The number of aromatic nitrogens is 1. The maximum absolute atomic E-state index is 12.5. The van der Waals surface area contributed by atoms with Gasteiger partial charge in [0.2, 0.25) is 0 Å². The molecule has 2 N–H and O–H groups in total. The smallest absolute Gasteiger partial charge is 0.406 e. The number of nitrogens with two attached hydrogens (primary N) is 1. The van der Waals surface area contributed by atoms with Crippen LogP contribution in [0.25, 0.3) is 22.3 Å². The minimum atomic E-state index is -4.86. The zero-order valence-electron chi connectivity index (χ0n) is 15.3. The third kappa shape index (κ3) is 5.13. The first-order valence-electron chi connectivity index (χ1n) is 8.40. The highest BCUT2D eigenvalue weighted by Gasteiger charge is 2.32. The van der Waals surface area contributed by atoms with Crippen LogP contribution < -0.4 is 15.2 Å². The third-order valence-electron chi connectivity index (χ3n) is 4.10. The number of hydrogen-bond acceptors (Lipinski definition) is 4. The van der Waals surface area contributed by atoms with Gasteiger partial charge in [-0.3, -0.25) is 0 Å². The lowest BCUT2D eigenvalue weighted by molar-refractivity contribution is -0.275. The third-order valence-corrected chi connectivity index (χ3v) is 4.10. The molecule has 0 spiro atoms. The van der Waals surface area contributed by atoms with Crippen molar-refractivity contribution < 1.29 is 35.8 Å². The van der Waals surface area contributed by atoms with Gasteiger partial charge in [-0.1, -0.05) is 24.3 Å². The zero-order valence-corrected chi connectivity index (χ0v) is 15.3. The van der Waals surface area contributed by atoms with E-state index in [2.05, 4.69) is 14.5 Å². The minimum Gasteiger partial charge on any atom is -0.406 e. The quantitative estimate of drug-likeness (QED) is 0.510. The van der Waals surface area contributed by atoms with E-state index < -0.39 is 24.2 Å². The number of pyridine rings is 1. The minimum absolute atomic E-state index is 0.0445. The average Bonchev–Trinajstić information content (AvgIpc) is 2.59. The van der Waals surface area contributed by atoms with Crippen molar-refractivity contribution in [2.24, 2.45) is 0 Å². The summed E-state index contributed by atoms with van der Waals surface area (Å²) in [6, 6.07) is 10.4. The highest BCUT2D eigenvalue weighted by Crippen LogP contribution is 2.37. The second-order valence-electron chi connectivity index (χ2n) is 6.21. The predicted molar refractivity (Wildman–Crippen MR) is 97.6 cm³/mol. The van der Waals surface area contributed by atoms with Crippen molar-refractivity contribution in [3.63, 3.8) is 0 Å². The fraction of sp³-hybridized carbons (Fsp3) is 0.150. The summed E-state index contributed by atoms with van der Waals surface area (Å²) < 4.78 is 83.0. The van der Waals surface area contributed by atoms with Crippen molar-refractivity contribution in [2.75, 3.05) is 5.73 Å². The average molecular weight is 428 g/mol. The SMILES string of the molecule is Cc1c(-c2cccc(OC(F)(F)F)c2)cnc(N)c1-c1cccc(OC(F)(F)F)c1. The second-order valence-corrected chi connectivity index (χ2v) is 6.21. The van der Waals surface area contributed by atoms with Crippen LogP contribution in [0.5, 0.6) is 11.5 Å². The Morgan fingerprint density at radius 2 is 1.30 bits per heavy atom. The summed E-state index contributed by atoms with van der Waals surface area (Å²) in [6.07, 6.45) is -8.34. The Kier molecular flexibility index (Phi) is 5.51. The summed E-state index contributed by atoms with van der Waals surface area (Å²) in [6.45, 7) is 1.64. The van der Waals surface area contributed by atoms with Crippen molar-refractivity contribution in [1.82, 2.24) is 4.98 Å². The van der Waals surface area contributed by atoms with Crippen LogP contribution in [0.15, 0.2) is 54.7 Å². The number of benzene rings is 2. The number of anilines is 1. The zero-order chi connectivity index (χ0) is 22.1. The van der Waals surface area contributed by atoms with Gasteiger partial charge in [-0.15, -0.1) is 26.3 Å². The molecule has 10 heteroatoms. The van der Waals surface area contributed by atoms with Crippen LogP contribution in [0.4, 0.5) is 32.2 Å². The lowest BCUT2D eigenvalue weighted by Gasteiger charge is -2.16. The Morgan fingerprint density at radius 3 is 1.83 bits per heavy atom. The van der Waals surface area contributed by atoms with Crippen molar-refractivity contribution in [1.29, 1.82) is 0 Å². The van der Waals surface area contributed by atoms with E-state index in [0.29, 0.717) is 27.8 Å². The molecular formula is C20H14F6N2O2. The van der Waals surface area contributed by atoms with E-state index in [1.165, 1.54) is 30.5 Å². The number of rotatable bonds is 4. The summed E-state index contributed by atoms with van der Waals surface area (Å²) in [5.41, 5.74) is 7.90. The molecule has 1 aromatic heterocycles. The lowest BCUT2D eigenvalue weighted by Crippen LogP contribution is -2.17. The van der Waals surface area contributed by atoms with E-state index in [9.17, 15) is 26.3 Å².